The molecule has 5 unspecified atom stereocenters. The Balaban J connectivity index is 0.000000238. The molecule has 352 valence electrons. The van der Waals surface area contributed by atoms with Gasteiger partial charge in [-0.15, -0.1) is 0 Å². The molecule has 0 radical (unpaired) electrons. The predicted molar refractivity (Wildman–Crippen MR) is 249 cm³/mol. The number of ether oxygens (including phenoxy) is 3. The van der Waals surface area contributed by atoms with Crippen LogP contribution in [0.1, 0.15) is 99.1 Å². The SMILES string of the molecule is CC(C)NC1NC(c2cc(=O)c3ccc(OCCN4CCOCC4)c(Cl)c3[nH]2)=CS1.CCCC(NC(=O)C1CCCN1C(=O)[C@@H](NC=O)C(C)(C)C)C(=O)O.COC1CCC(C)C1. The number of aromatic nitrogens is 1. The first-order valence-corrected chi connectivity index (χ1v) is 23.5. The van der Waals surface area contributed by atoms with Crippen molar-refractivity contribution >= 4 is 64.2 Å². The monoisotopic (exact) mass is 919 g/mol. The Morgan fingerprint density at radius 2 is 1.86 bits per heavy atom. The molecule has 6 N–H and O–H groups in total. The number of nitrogens with one attached hydrogen (secondary N) is 5. The highest BCUT2D eigenvalue weighted by Crippen LogP contribution is 2.33. The number of aliphatic carboxylic acids is 1. The molecule has 4 aliphatic rings. The summed E-state index contributed by atoms with van der Waals surface area (Å²) in [7, 11) is 1.81. The molecule has 63 heavy (non-hydrogen) atoms. The number of carboxylic acid groups (broad SMARTS) is 1. The van der Waals surface area contributed by atoms with Crippen LogP contribution in [-0.2, 0) is 28.7 Å². The van der Waals surface area contributed by atoms with E-state index in [1.165, 1.54) is 24.2 Å². The van der Waals surface area contributed by atoms with Crippen LogP contribution in [0, 0.1) is 11.3 Å². The molecule has 16 nitrogen and oxygen atoms in total. The average molecular weight is 921 g/mol. The third-order valence-electron chi connectivity index (χ3n) is 11.4. The fourth-order valence-corrected chi connectivity index (χ4v) is 9.19. The first kappa shape index (κ1) is 51.8. The van der Waals surface area contributed by atoms with Gasteiger partial charge in [-0.05, 0) is 81.2 Å². The molecule has 1 aliphatic carbocycles. The largest absolute Gasteiger partial charge is 0.491 e. The Morgan fingerprint density at radius 3 is 2.44 bits per heavy atom. The molecule has 6 atom stereocenters. The number of likely N-dealkylation sites (tertiary alicyclic amines) is 1. The van der Waals surface area contributed by atoms with Crippen LogP contribution in [0.25, 0.3) is 16.6 Å². The van der Waals surface area contributed by atoms with E-state index in [0.717, 1.165) is 44.5 Å². The number of carbonyl (C=O) groups is 4. The second-order valence-electron chi connectivity index (χ2n) is 17.9. The number of morpholine rings is 1. The van der Waals surface area contributed by atoms with E-state index < -0.39 is 35.4 Å². The second kappa shape index (κ2) is 25.0. The number of halogens is 1. The summed E-state index contributed by atoms with van der Waals surface area (Å²) in [5.74, 6) is -0.376. The van der Waals surface area contributed by atoms with Gasteiger partial charge in [-0.1, -0.05) is 64.4 Å². The maximum absolute atomic E-state index is 12.9. The van der Waals surface area contributed by atoms with Crippen LogP contribution in [0.5, 0.6) is 5.75 Å². The molecule has 18 heteroatoms. The van der Waals surface area contributed by atoms with Crippen molar-refractivity contribution in [1.29, 1.82) is 0 Å². The van der Waals surface area contributed by atoms with Gasteiger partial charge in [0.05, 0.1) is 36.2 Å². The van der Waals surface area contributed by atoms with Gasteiger partial charge in [0.15, 0.2) is 5.43 Å². The molecule has 3 aliphatic heterocycles. The third-order valence-corrected chi connectivity index (χ3v) is 12.7. The molecule has 4 heterocycles. The van der Waals surface area contributed by atoms with Gasteiger partial charge in [-0.3, -0.25) is 29.4 Å². The molecule has 1 aromatic carbocycles. The van der Waals surface area contributed by atoms with E-state index in [1.807, 2.05) is 40.2 Å². The van der Waals surface area contributed by atoms with Crippen LogP contribution >= 0.6 is 23.4 Å². The maximum Gasteiger partial charge on any atom is 0.326 e. The van der Waals surface area contributed by atoms with Crippen LogP contribution in [0.2, 0.25) is 5.02 Å². The van der Waals surface area contributed by atoms with Gasteiger partial charge in [0, 0.05) is 50.8 Å². The molecule has 0 spiro atoms. The van der Waals surface area contributed by atoms with Crippen molar-refractivity contribution in [1.82, 2.24) is 36.1 Å². The number of aromatic amines is 1. The van der Waals surface area contributed by atoms with Crippen molar-refractivity contribution in [2.45, 2.75) is 129 Å². The Labute approximate surface area is 381 Å². The number of rotatable bonds is 16. The lowest BCUT2D eigenvalue weighted by Crippen LogP contribution is -2.57. The lowest BCUT2D eigenvalue weighted by Gasteiger charge is -2.34. The van der Waals surface area contributed by atoms with E-state index in [4.69, 9.17) is 25.8 Å². The van der Waals surface area contributed by atoms with Gasteiger partial charge < -0.3 is 45.2 Å². The third kappa shape index (κ3) is 15.4. The van der Waals surface area contributed by atoms with Crippen LogP contribution < -0.4 is 31.4 Å². The molecular formula is C45H70ClN7O9S. The maximum atomic E-state index is 12.9. The Morgan fingerprint density at radius 1 is 1.13 bits per heavy atom. The van der Waals surface area contributed by atoms with Crippen LogP contribution in [0.15, 0.2) is 28.4 Å². The molecule has 3 fully saturated rings. The Kier molecular flexibility index (Phi) is 20.5. The molecule has 1 aromatic heterocycles. The smallest absolute Gasteiger partial charge is 0.326 e. The van der Waals surface area contributed by atoms with Crippen LogP contribution in [0.3, 0.4) is 0 Å². The lowest BCUT2D eigenvalue weighted by molar-refractivity contribution is -0.145. The van der Waals surface area contributed by atoms with E-state index in [9.17, 15) is 29.1 Å². The van der Waals surface area contributed by atoms with Crippen molar-refractivity contribution in [2.75, 3.05) is 53.1 Å². The summed E-state index contributed by atoms with van der Waals surface area (Å²) in [5, 5.41) is 24.0. The fourth-order valence-electron chi connectivity index (χ4n) is 7.91. The summed E-state index contributed by atoms with van der Waals surface area (Å²) in [5.41, 5.74) is 1.66. The van der Waals surface area contributed by atoms with E-state index in [-0.39, 0.29) is 16.8 Å². The minimum atomic E-state index is -1.08. The quantitative estimate of drug-likeness (QED) is 0.121. The summed E-state index contributed by atoms with van der Waals surface area (Å²) < 4.78 is 16.5. The number of benzene rings is 1. The summed E-state index contributed by atoms with van der Waals surface area (Å²) in [6.45, 7) is 18.9. The molecule has 2 saturated heterocycles. The van der Waals surface area contributed by atoms with Crippen LogP contribution in [0.4, 0.5) is 0 Å². The number of H-pyrrole nitrogens is 1. The van der Waals surface area contributed by atoms with Gasteiger partial charge in [-0.2, -0.15) is 0 Å². The summed E-state index contributed by atoms with van der Waals surface area (Å²) in [6.07, 6.45) is 7.07. The number of thioether (sulfide) groups is 1. The second-order valence-corrected chi connectivity index (χ2v) is 19.3. The molecule has 3 amide bonds. The summed E-state index contributed by atoms with van der Waals surface area (Å²) in [6, 6.07) is 3.09. The number of pyridine rings is 1. The van der Waals surface area contributed by atoms with E-state index in [2.05, 4.69) is 51.9 Å². The van der Waals surface area contributed by atoms with Crippen molar-refractivity contribution in [2.24, 2.45) is 11.3 Å². The highest BCUT2D eigenvalue weighted by Gasteiger charge is 2.41. The molecule has 2 aromatic rings. The molecule has 6 rings (SSSR count). The summed E-state index contributed by atoms with van der Waals surface area (Å²) in [4.78, 5) is 67.2. The minimum absolute atomic E-state index is 0.0736. The zero-order chi connectivity index (χ0) is 46.3. The Bertz CT molecular complexity index is 1920. The number of fused-ring (bicyclic) bond motifs is 1. The van der Waals surface area contributed by atoms with Crippen molar-refractivity contribution < 1.29 is 38.5 Å². The zero-order valence-corrected chi connectivity index (χ0v) is 39.8. The molecule has 1 saturated carbocycles. The van der Waals surface area contributed by atoms with E-state index in [1.54, 1.807) is 30.0 Å². The lowest BCUT2D eigenvalue weighted by atomic mass is 9.85. The number of amides is 3. The van der Waals surface area contributed by atoms with Gasteiger partial charge in [0.2, 0.25) is 18.2 Å². The normalized spacial score (nSPS) is 22.2. The standard InChI is InChI=1S/C21H27ClN4O3S.C17H29N3O5.C7H14O/c1-13(2)23-21-25-16(12-30-21)15-11-17(27)14-3-4-18(19(22)20(14)24-15)29-10-7-26-5-8-28-9-6-26;1-5-7-11(16(24)25)19-14(22)12-8-6-9-20(12)15(23)13(18-10-21)17(2,3)4;1-6-3-4-7(5-6)8-2/h3-4,11-13,21,23,25H,5-10H2,1-2H3,(H,24,27);10-13H,5-9H2,1-4H3,(H,18,21)(H,19,22)(H,24,25);6-7H,3-5H2,1-2H3/t;11?,12?,13-;/m.1./s1. The first-order valence-electron chi connectivity index (χ1n) is 22.2. The number of methoxy groups -OCH3 is 1. The number of nitrogens with zero attached hydrogens (tertiary/aromatic N) is 2. The van der Waals surface area contributed by atoms with E-state index >= 15 is 0 Å². The van der Waals surface area contributed by atoms with Crippen molar-refractivity contribution in [3.8, 4) is 5.75 Å². The van der Waals surface area contributed by atoms with Gasteiger partial charge in [-0.25, -0.2) is 4.79 Å². The predicted octanol–water partition coefficient (Wildman–Crippen LogP) is 5.14. The molecular weight excluding hydrogens is 850 g/mol. The summed E-state index contributed by atoms with van der Waals surface area (Å²) >= 11 is 8.26. The highest BCUT2D eigenvalue weighted by atomic mass is 35.5. The molecule has 0 bridgehead atoms. The number of carboxylic acids is 1. The first-order chi connectivity index (χ1) is 30.0. The zero-order valence-electron chi connectivity index (χ0n) is 38.2. The highest BCUT2D eigenvalue weighted by molar-refractivity contribution is 8.03. The topological polar surface area (TPSA) is 204 Å². The fraction of sp³-hybridized carbons (Fsp3) is 0.667. The van der Waals surface area contributed by atoms with Crippen molar-refractivity contribution in [3.05, 3.63) is 44.5 Å². The van der Waals surface area contributed by atoms with Gasteiger partial charge in [0.1, 0.15) is 41.0 Å². The Hall–Kier alpha value is -3.87. The number of carbonyl (C=O) groups excluding carboxylic acids is 3. The van der Waals surface area contributed by atoms with Gasteiger partial charge in [0.25, 0.3) is 0 Å². The van der Waals surface area contributed by atoms with Crippen molar-refractivity contribution in [3.63, 3.8) is 0 Å². The van der Waals surface area contributed by atoms with Gasteiger partial charge >= 0.3 is 5.97 Å². The minimum Gasteiger partial charge on any atom is -0.491 e. The number of hydrogen-bond acceptors (Lipinski definition) is 12. The van der Waals surface area contributed by atoms with E-state index in [0.29, 0.717) is 84.8 Å². The van der Waals surface area contributed by atoms with Crippen LogP contribution in [-0.4, -0.2) is 133 Å². The number of hydrogen-bond donors (Lipinski definition) is 6. The average Bonchev–Trinajstić information content (AvgIpc) is 4.02.